The second-order valence-electron chi connectivity index (χ2n) is 17.5. The predicted octanol–water partition coefficient (Wildman–Crippen LogP) is 16.8. The molecule has 0 bridgehead atoms. The van der Waals surface area contributed by atoms with Gasteiger partial charge in [-0.25, -0.2) is 9.97 Å². The summed E-state index contributed by atoms with van der Waals surface area (Å²) in [5, 5.41) is 3.54. The number of hydrogen-bond donors (Lipinski definition) is 0. The summed E-state index contributed by atoms with van der Waals surface area (Å²) >= 11 is 1.82. The molecule has 67 heavy (non-hydrogen) atoms. The number of ether oxygens (including phenoxy) is 1. The molecule has 3 nitrogen and oxygen atoms in total. The van der Waals surface area contributed by atoms with Crippen LogP contribution < -0.4 is 4.74 Å². The second kappa shape index (κ2) is 14.8. The Hall–Kier alpha value is -8.44. The SMILES string of the molecule is c1ccc(-c2cc(-c3nc(-c4ccc5c(c4)sc4ccccc45)nc4ccccc34)c(-c3ccccc3)cc2-c2cccc3c2-c2ccccc2C32c3ccccc3Oc3ccccc32)cc1. The Morgan fingerprint density at radius 3 is 1.67 bits per heavy atom. The number of hydrogen-bond acceptors (Lipinski definition) is 4. The second-order valence-corrected chi connectivity index (χ2v) is 18.6. The van der Waals surface area contributed by atoms with Gasteiger partial charge in [-0.1, -0.05) is 188 Å². The summed E-state index contributed by atoms with van der Waals surface area (Å²) in [6.07, 6.45) is 0. The zero-order valence-corrected chi connectivity index (χ0v) is 37.0. The van der Waals surface area contributed by atoms with Gasteiger partial charge in [-0.15, -0.1) is 11.3 Å². The van der Waals surface area contributed by atoms with Crippen LogP contribution in [0.3, 0.4) is 0 Å². The van der Waals surface area contributed by atoms with Crippen LogP contribution in [0.5, 0.6) is 11.5 Å². The molecule has 0 amide bonds. The van der Waals surface area contributed by atoms with E-state index in [0.717, 1.165) is 78.2 Å². The van der Waals surface area contributed by atoms with Crippen molar-refractivity contribution in [2.24, 2.45) is 0 Å². The van der Waals surface area contributed by atoms with Crippen LogP contribution in [0.25, 0.3) is 98.2 Å². The van der Waals surface area contributed by atoms with E-state index in [1.54, 1.807) is 0 Å². The maximum atomic E-state index is 6.69. The zero-order valence-electron chi connectivity index (χ0n) is 36.2. The fourth-order valence-electron chi connectivity index (χ4n) is 11.1. The molecule has 14 rings (SSSR count). The fraction of sp³-hybridized carbons (Fsp3) is 0.0159. The molecular formula is C63H38N2OS. The van der Waals surface area contributed by atoms with Crippen molar-refractivity contribution in [2.75, 3.05) is 0 Å². The summed E-state index contributed by atoms with van der Waals surface area (Å²) in [5.74, 6) is 2.47. The van der Waals surface area contributed by atoms with E-state index in [-0.39, 0.29) is 0 Å². The van der Waals surface area contributed by atoms with E-state index in [4.69, 9.17) is 14.7 Å². The first-order valence-electron chi connectivity index (χ1n) is 22.8. The fourth-order valence-corrected chi connectivity index (χ4v) is 12.3. The Kier molecular flexibility index (Phi) is 8.37. The standard InChI is InChI=1S/C63H38N2OS/c1-3-18-39(19-4-1)47-38-50(61-46-24-8-13-30-55(46)64-62(65-61)41-34-35-43-42-22-9-16-33-58(42)67-59(43)36-41)48(40-20-5-2-6-21-40)37-49(47)44-25-17-29-54-60(44)45-23-7-10-26-51(45)63(54)52-27-11-14-31-56(52)66-57-32-15-12-28-53(57)63/h1-38H. The molecule has 312 valence electrons. The van der Waals surface area contributed by atoms with E-state index in [9.17, 15) is 0 Å². The highest BCUT2D eigenvalue weighted by molar-refractivity contribution is 7.25. The lowest BCUT2D eigenvalue weighted by molar-refractivity contribution is 0.436. The van der Waals surface area contributed by atoms with Gasteiger partial charge in [-0.3, -0.25) is 0 Å². The van der Waals surface area contributed by atoms with E-state index in [1.165, 1.54) is 48.0 Å². The maximum Gasteiger partial charge on any atom is 0.160 e. The van der Waals surface area contributed by atoms with Crippen LogP contribution in [0.4, 0.5) is 0 Å². The molecule has 12 aromatic rings. The summed E-state index contributed by atoms with van der Waals surface area (Å²) in [4.78, 5) is 10.9. The van der Waals surface area contributed by atoms with Crippen molar-refractivity contribution >= 4 is 42.4 Å². The first kappa shape index (κ1) is 37.9. The number of benzene rings is 10. The number of nitrogens with zero attached hydrogens (tertiary/aromatic N) is 2. The molecule has 0 fully saturated rings. The van der Waals surface area contributed by atoms with E-state index in [2.05, 4.69) is 231 Å². The van der Waals surface area contributed by atoms with Crippen LogP contribution in [0.2, 0.25) is 0 Å². The summed E-state index contributed by atoms with van der Waals surface area (Å²) in [7, 11) is 0. The summed E-state index contributed by atoms with van der Waals surface area (Å²) in [5.41, 5.74) is 17.4. The van der Waals surface area contributed by atoms with Gasteiger partial charge >= 0.3 is 0 Å². The van der Waals surface area contributed by atoms with Gasteiger partial charge < -0.3 is 4.74 Å². The Balaban J connectivity index is 1.06. The van der Waals surface area contributed by atoms with Crippen molar-refractivity contribution in [2.45, 2.75) is 5.41 Å². The molecule has 2 aliphatic rings. The highest BCUT2D eigenvalue weighted by Gasteiger charge is 2.51. The Morgan fingerprint density at radius 1 is 0.343 bits per heavy atom. The summed E-state index contributed by atoms with van der Waals surface area (Å²) in [6.45, 7) is 0. The van der Waals surface area contributed by atoms with Gasteiger partial charge in [0.15, 0.2) is 5.82 Å². The lowest BCUT2D eigenvalue weighted by Crippen LogP contribution is -2.32. The molecule has 0 radical (unpaired) electrons. The number of rotatable bonds is 5. The van der Waals surface area contributed by atoms with Crippen LogP contribution in [-0.4, -0.2) is 9.97 Å². The Morgan fingerprint density at radius 2 is 0.910 bits per heavy atom. The van der Waals surface area contributed by atoms with E-state index >= 15 is 0 Å². The molecule has 0 saturated heterocycles. The lowest BCUT2D eigenvalue weighted by atomic mass is 9.66. The quantitative estimate of drug-likeness (QED) is 0.173. The van der Waals surface area contributed by atoms with Crippen molar-refractivity contribution in [3.63, 3.8) is 0 Å². The Labute approximate surface area is 391 Å². The van der Waals surface area contributed by atoms with Gasteiger partial charge in [-0.05, 0) is 98.1 Å². The number of thiophene rings is 1. The molecule has 10 aromatic carbocycles. The molecule has 1 spiro atoms. The molecule has 0 N–H and O–H groups in total. The minimum atomic E-state index is -0.586. The van der Waals surface area contributed by atoms with Crippen LogP contribution >= 0.6 is 11.3 Å². The van der Waals surface area contributed by atoms with Gasteiger partial charge in [0.25, 0.3) is 0 Å². The average molecular weight is 871 g/mol. The molecule has 0 unspecified atom stereocenters. The highest BCUT2D eigenvalue weighted by atomic mass is 32.1. The van der Waals surface area contributed by atoms with Gasteiger partial charge in [0, 0.05) is 47.8 Å². The van der Waals surface area contributed by atoms with Gasteiger partial charge in [0.2, 0.25) is 0 Å². The lowest BCUT2D eigenvalue weighted by Gasteiger charge is -2.39. The number of aromatic nitrogens is 2. The molecule has 4 heteroatoms. The van der Waals surface area contributed by atoms with Crippen LogP contribution in [0, 0.1) is 0 Å². The average Bonchev–Trinajstić information content (AvgIpc) is 3.92. The number of para-hydroxylation sites is 3. The van der Waals surface area contributed by atoms with E-state index < -0.39 is 5.41 Å². The maximum absolute atomic E-state index is 6.69. The third kappa shape index (κ3) is 5.64. The first-order valence-corrected chi connectivity index (χ1v) is 23.6. The van der Waals surface area contributed by atoms with Crippen molar-refractivity contribution in [1.29, 1.82) is 0 Å². The zero-order chi connectivity index (χ0) is 44.1. The third-order valence-electron chi connectivity index (χ3n) is 14.0. The van der Waals surface area contributed by atoms with Crippen molar-refractivity contribution in [1.82, 2.24) is 9.97 Å². The smallest absolute Gasteiger partial charge is 0.160 e. The van der Waals surface area contributed by atoms with Crippen LogP contribution in [-0.2, 0) is 5.41 Å². The van der Waals surface area contributed by atoms with E-state index in [1.807, 2.05) is 11.3 Å². The predicted molar refractivity (Wildman–Crippen MR) is 277 cm³/mol. The minimum absolute atomic E-state index is 0.586. The van der Waals surface area contributed by atoms with Crippen molar-refractivity contribution < 1.29 is 4.74 Å². The summed E-state index contributed by atoms with van der Waals surface area (Å²) in [6, 6.07) is 83.3. The molecule has 2 aromatic heterocycles. The van der Waals surface area contributed by atoms with Crippen LogP contribution in [0.15, 0.2) is 231 Å². The third-order valence-corrected chi connectivity index (χ3v) is 15.1. The normalized spacial score (nSPS) is 13.0. The topological polar surface area (TPSA) is 35.0 Å². The molecule has 1 aliphatic carbocycles. The molecule has 0 atom stereocenters. The van der Waals surface area contributed by atoms with Crippen LogP contribution in [0.1, 0.15) is 22.3 Å². The van der Waals surface area contributed by atoms with Gasteiger partial charge in [0.1, 0.15) is 11.5 Å². The molecule has 1 aliphatic heterocycles. The monoisotopic (exact) mass is 870 g/mol. The van der Waals surface area contributed by atoms with Gasteiger partial charge in [0.05, 0.1) is 16.6 Å². The summed E-state index contributed by atoms with van der Waals surface area (Å²) < 4.78 is 9.20. The first-order chi connectivity index (χ1) is 33.2. The van der Waals surface area contributed by atoms with Gasteiger partial charge in [-0.2, -0.15) is 0 Å². The van der Waals surface area contributed by atoms with Crippen molar-refractivity contribution in [3.05, 3.63) is 253 Å². The largest absolute Gasteiger partial charge is 0.457 e. The molecule has 3 heterocycles. The van der Waals surface area contributed by atoms with E-state index in [0.29, 0.717) is 5.82 Å². The minimum Gasteiger partial charge on any atom is -0.457 e. The highest BCUT2D eigenvalue weighted by Crippen LogP contribution is 2.64. The van der Waals surface area contributed by atoms with Crippen molar-refractivity contribution in [3.8, 4) is 78.7 Å². The molecule has 0 saturated carbocycles. The number of fused-ring (bicyclic) bond motifs is 13. The Bertz CT molecular complexity index is 3920. The molecular weight excluding hydrogens is 833 g/mol.